The number of fused-ring (bicyclic) bond motifs is 1. The normalized spacial score (nSPS) is 38.0. The zero-order valence-corrected chi connectivity index (χ0v) is 14.7. The van der Waals surface area contributed by atoms with E-state index in [2.05, 4.69) is 4.90 Å². The van der Waals surface area contributed by atoms with E-state index < -0.39 is 5.60 Å². The second-order valence-corrected chi connectivity index (χ2v) is 8.06. The van der Waals surface area contributed by atoms with Crippen LogP contribution in [0.25, 0.3) is 0 Å². The van der Waals surface area contributed by atoms with Crippen molar-refractivity contribution < 1.29 is 14.9 Å². The summed E-state index contributed by atoms with van der Waals surface area (Å²) in [5.74, 6) is 1.14. The highest BCUT2D eigenvalue weighted by molar-refractivity contribution is 5.85. The smallest absolute Gasteiger partial charge is 0.115 e. The number of halogens is 1. The Balaban J connectivity index is 0.00000146. The number of piperidine rings is 1. The van der Waals surface area contributed by atoms with E-state index in [9.17, 15) is 10.2 Å². The fourth-order valence-electron chi connectivity index (χ4n) is 5.40. The number of phenols is 1. The van der Waals surface area contributed by atoms with Crippen molar-refractivity contribution in [2.45, 2.75) is 49.2 Å². The van der Waals surface area contributed by atoms with Crippen LogP contribution < -0.4 is 0 Å². The van der Waals surface area contributed by atoms with Crippen LogP contribution in [0.1, 0.15) is 36.8 Å². The minimum Gasteiger partial charge on any atom is -0.508 e. The molecule has 1 aromatic rings. The summed E-state index contributed by atoms with van der Waals surface area (Å²) in [5.41, 5.74) is 1.34. The largest absolute Gasteiger partial charge is 0.508 e. The lowest BCUT2D eigenvalue weighted by molar-refractivity contribution is -0.202. The topological polar surface area (TPSA) is 52.9 Å². The molecule has 4 nitrogen and oxygen atoms in total. The van der Waals surface area contributed by atoms with Crippen LogP contribution in [0.5, 0.6) is 5.75 Å². The number of hydrogen-bond donors (Lipinski definition) is 2. The molecule has 2 aliphatic heterocycles. The molecule has 1 aromatic carbocycles. The Morgan fingerprint density at radius 3 is 2.88 bits per heavy atom. The Morgan fingerprint density at radius 2 is 2.08 bits per heavy atom. The molecule has 0 amide bonds. The van der Waals surface area contributed by atoms with Crippen LogP contribution in [-0.2, 0) is 16.6 Å². The van der Waals surface area contributed by atoms with E-state index in [0.717, 1.165) is 37.4 Å². The van der Waals surface area contributed by atoms with Gasteiger partial charge in [0.05, 0.1) is 17.6 Å². The van der Waals surface area contributed by atoms with Gasteiger partial charge in [-0.05, 0) is 61.4 Å². The van der Waals surface area contributed by atoms with Gasteiger partial charge >= 0.3 is 0 Å². The molecule has 2 saturated heterocycles. The van der Waals surface area contributed by atoms with Crippen molar-refractivity contribution in [1.29, 1.82) is 0 Å². The zero-order valence-electron chi connectivity index (χ0n) is 13.9. The molecule has 3 atom stereocenters. The number of aliphatic hydroxyl groups is 1. The van der Waals surface area contributed by atoms with Gasteiger partial charge in [-0.1, -0.05) is 6.07 Å². The first-order valence-electron chi connectivity index (χ1n) is 8.99. The molecule has 3 fully saturated rings. The third-order valence-corrected chi connectivity index (χ3v) is 6.83. The first kappa shape index (κ1) is 16.6. The van der Waals surface area contributed by atoms with E-state index >= 15 is 0 Å². The van der Waals surface area contributed by atoms with Crippen molar-refractivity contribution in [2.24, 2.45) is 5.92 Å². The Morgan fingerprint density at radius 1 is 1.25 bits per heavy atom. The van der Waals surface area contributed by atoms with Gasteiger partial charge in [-0.3, -0.25) is 4.90 Å². The molecular formula is C19H26ClNO3. The predicted molar refractivity (Wildman–Crippen MR) is 93.8 cm³/mol. The van der Waals surface area contributed by atoms with Crippen LogP contribution >= 0.6 is 12.4 Å². The SMILES string of the molecule is Cl.Oc1ccc2c(c1)[C@]13CCN(CC4CC4)[C@H](C2)[C@]1(O)CCOC3. The third kappa shape index (κ3) is 2.16. The fourth-order valence-corrected chi connectivity index (χ4v) is 5.40. The van der Waals surface area contributed by atoms with E-state index in [4.69, 9.17) is 4.74 Å². The quantitative estimate of drug-likeness (QED) is 0.858. The maximum Gasteiger partial charge on any atom is 0.115 e. The Kier molecular flexibility index (Phi) is 3.88. The van der Waals surface area contributed by atoms with Crippen LogP contribution in [-0.4, -0.2) is 53.1 Å². The van der Waals surface area contributed by atoms with Crippen molar-refractivity contribution >= 4 is 12.4 Å². The number of nitrogens with zero attached hydrogens (tertiary/aromatic N) is 1. The lowest BCUT2D eigenvalue weighted by Gasteiger charge is -2.63. The highest BCUT2D eigenvalue weighted by Crippen LogP contribution is 2.55. The van der Waals surface area contributed by atoms with E-state index in [1.165, 1.54) is 18.4 Å². The lowest BCUT2D eigenvalue weighted by Crippen LogP contribution is -2.74. The van der Waals surface area contributed by atoms with Gasteiger partial charge in [-0.15, -0.1) is 12.4 Å². The minimum atomic E-state index is -0.723. The van der Waals surface area contributed by atoms with Crippen molar-refractivity contribution in [1.82, 2.24) is 4.90 Å². The second kappa shape index (κ2) is 5.60. The van der Waals surface area contributed by atoms with Gasteiger partial charge in [0.25, 0.3) is 0 Å². The summed E-state index contributed by atoms with van der Waals surface area (Å²) in [7, 11) is 0. The Labute approximate surface area is 149 Å². The lowest BCUT2D eigenvalue weighted by atomic mass is 9.53. The Bertz CT molecular complexity index is 649. The number of ether oxygens (including phenoxy) is 1. The molecule has 2 heterocycles. The van der Waals surface area contributed by atoms with E-state index in [1.54, 1.807) is 6.07 Å². The summed E-state index contributed by atoms with van der Waals surface area (Å²) in [6, 6.07) is 5.90. The summed E-state index contributed by atoms with van der Waals surface area (Å²) in [6.07, 6.45) is 5.21. The van der Waals surface area contributed by atoms with Crippen molar-refractivity contribution in [3.8, 4) is 5.75 Å². The second-order valence-electron chi connectivity index (χ2n) is 8.06. The molecule has 0 radical (unpaired) electrons. The molecule has 0 unspecified atom stereocenters. The summed E-state index contributed by atoms with van der Waals surface area (Å²) in [6.45, 7) is 3.38. The van der Waals surface area contributed by atoms with Crippen LogP contribution in [0.3, 0.4) is 0 Å². The standard InChI is InChI=1S/C19H25NO3.ClH/c21-15-4-3-14-9-17-19(22)6-8-23-12-18(19,16(14)10-15)5-7-20(17)11-13-1-2-13;/h3-4,10,13,17,21-22H,1-2,5-9,11-12H2;1H/t17-,18-,19-;/m1./s1. The Hall–Kier alpha value is -0.810. The molecule has 0 aromatic heterocycles. The van der Waals surface area contributed by atoms with E-state index in [0.29, 0.717) is 25.4 Å². The third-order valence-electron chi connectivity index (χ3n) is 6.83. The molecule has 2 bridgehead atoms. The summed E-state index contributed by atoms with van der Waals surface area (Å²) in [5, 5.41) is 21.8. The molecule has 5 rings (SSSR count). The van der Waals surface area contributed by atoms with Crippen molar-refractivity contribution in [3.05, 3.63) is 29.3 Å². The first-order valence-corrected chi connectivity index (χ1v) is 8.99. The summed E-state index contributed by atoms with van der Waals surface area (Å²) >= 11 is 0. The van der Waals surface area contributed by atoms with Crippen LogP contribution in [0, 0.1) is 5.92 Å². The summed E-state index contributed by atoms with van der Waals surface area (Å²) < 4.78 is 5.85. The number of likely N-dealkylation sites (tertiary alicyclic amines) is 1. The highest BCUT2D eigenvalue weighted by Gasteiger charge is 2.64. The van der Waals surface area contributed by atoms with Gasteiger partial charge < -0.3 is 14.9 Å². The molecule has 132 valence electrons. The van der Waals surface area contributed by atoms with Crippen molar-refractivity contribution in [2.75, 3.05) is 26.3 Å². The molecule has 24 heavy (non-hydrogen) atoms. The first-order chi connectivity index (χ1) is 11.1. The molecular weight excluding hydrogens is 326 g/mol. The predicted octanol–water partition coefficient (Wildman–Crippen LogP) is 2.24. The van der Waals surface area contributed by atoms with Gasteiger partial charge in [0, 0.05) is 25.6 Å². The maximum atomic E-state index is 11.8. The van der Waals surface area contributed by atoms with Crippen LogP contribution in [0.2, 0.25) is 0 Å². The average molecular weight is 352 g/mol. The molecule has 2 aliphatic carbocycles. The number of rotatable bonds is 2. The van der Waals surface area contributed by atoms with Gasteiger partial charge in [0.2, 0.25) is 0 Å². The minimum absolute atomic E-state index is 0. The number of benzene rings is 1. The maximum absolute atomic E-state index is 11.8. The van der Waals surface area contributed by atoms with Gasteiger partial charge in [0.15, 0.2) is 0 Å². The fraction of sp³-hybridized carbons (Fsp3) is 0.684. The van der Waals surface area contributed by atoms with E-state index in [1.807, 2.05) is 12.1 Å². The van der Waals surface area contributed by atoms with Crippen LogP contribution in [0.4, 0.5) is 0 Å². The molecule has 5 heteroatoms. The van der Waals surface area contributed by atoms with Gasteiger partial charge in [0.1, 0.15) is 5.75 Å². The van der Waals surface area contributed by atoms with E-state index in [-0.39, 0.29) is 23.9 Å². The molecule has 4 aliphatic rings. The van der Waals surface area contributed by atoms with Crippen molar-refractivity contribution in [3.63, 3.8) is 0 Å². The molecule has 0 spiro atoms. The van der Waals surface area contributed by atoms with Crippen LogP contribution in [0.15, 0.2) is 18.2 Å². The van der Waals surface area contributed by atoms with Gasteiger partial charge in [-0.25, -0.2) is 0 Å². The number of phenolic OH excluding ortho intramolecular Hbond substituents is 1. The molecule has 1 saturated carbocycles. The number of hydrogen-bond acceptors (Lipinski definition) is 4. The number of aromatic hydroxyl groups is 1. The average Bonchev–Trinajstić information content (AvgIpc) is 3.34. The molecule has 2 N–H and O–H groups in total. The highest BCUT2D eigenvalue weighted by atomic mass is 35.5. The van der Waals surface area contributed by atoms with Gasteiger partial charge in [-0.2, -0.15) is 0 Å². The summed E-state index contributed by atoms with van der Waals surface area (Å²) in [4.78, 5) is 2.55. The zero-order chi connectivity index (χ0) is 15.7. The monoisotopic (exact) mass is 351 g/mol.